The first-order valence-electron chi connectivity index (χ1n) is 5.02. The summed E-state index contributed by atoms with van der Waals surface area (Å²) in [6.45, 7) is 1.56. The number of hydrogen-bond acceptors (Lipinski definition) is 4. The average Bonchev–Trinajstić information content (AvgIpc) is 2.35. The molecule has 1 aliphatic rings. The van der Waals surface area contributed by atoms with E-state index in [2.05, 4.69) is 5.32 Å². The molecule has 1 unspecified atom stereocenters. The van der Waals surface area contributed by atoms with Crippen LogP contribution in [0.15, 0.2) is 23.1 Å². The van der Waals surface area contributed by atoms with Crippen LogP contribution in [-0.2, 0) is 14.6 Å². The maximum absolute atomic E-state index is 12.0. The fourth-order valence-corrected chi connectivity index (χ4v) is 3.45. The highest BCUT2D eigenvalue weighted by atomic mass is 32.2. The number of nitriles is 1. The van der Waals surface area contributed by atoms with Gasteiger partial charge in [-0.1, -0.05) is 6.92 Å². The number of fused-ring (bicyclic) bond motifs is 1. The van der Waals surface area contributed by atoms with E-state index in [-0.39, 0.29) is 27.8 Å². The third-order valence-electron chi connectivity index (χ3n) is 2.62. The van der Waals surface area contributed by atoms with Gasteiger partial charge in [0, 0.05) is 5.92 Å². The van der Waals surface area contributed by atoms with E-state index in [4.69, 9.17) is 5.26 Å². The Kier molecular flexibility index (Phi) is 2.63. The molecule has 0 radical (unpaired) electrons. The van der Waals surface area contributed by atoms with Crippen LogP contribution in [0.1, 0.15) is 12.5 Å². The SMILES string of the molecule is CC1CS(=O)(=O)c2cc(C#N)ccc2NC1=O. The lowest BCUT2D eigenvalue weighted by Crippen LogP contribution is -2.22. The van der Waals surface area contributed by atoms with Crippen molar-refractivity contribution < 1.29 is 13.2 Å². The first kappa shape index (κ1) is 11.6. The normalized spacial score (nSPS) is 21.9. The number of carbonyl (C=O) groups excluding carboxylic acids is 1. The number of nitrogens with one attached hydrogen (secondary N) is 1. The zero-order valence-electron chi connectivity index (χ0n) is 9.10. The van der Waals surface area contributed by atoms with Gasteiger partial charge in [0.05, 0.1) is 28.0 Å². The number of sulfone groups is 1. The Hall–Kier alpha value is -1.87. The summed E-state index contributed by atoms with van der Waals surface area (Å²) in [5, 5.41) is 11.3. The molecule has 88 valence electrons. The maximum atomic E-state index is 12.0. The van der Waals surface area contributed by atoms with Gasteiger partial charge in [0.1, 0.15) is 0 Å². The van der Waals surface area contributed by atoms with Crippen LogP contribution in [0, 0.1) is 17.2 Å². The molecule has 0 aliphatic carbocycles. The van der Waals surface area contributed by atoms with Crippen molar-refractivity contribution in [1.82, 2.24) is 0 Å². The molecule has 1 atom stereocenters. The summed E-state index contributed by atoms with van der Waals surface area (Å²) in [7, 11) is -3.53. The van der Waals surface area contributed by atoms with Crippen LogP contribution < -0.4 is 5.32 Å². The largest absolute Gasteiger partial charge is 0.325 e. The highest BCUT2D eigenvalue weighted by Gasteiger charge is 2.30. The molecule has 0 saturated carbocycles. The molecule has 1 aromatic carbocycles. The van der Waals surface area contributed by atoms with Crippen molar-refractivity contribution >= 4 is 21.4 Å². The third kappa shape index (κ3) is 2.01. The van der Waals surface area contributed by atoms with Gasteiger partial charge in [-0.3, -0.25) is 4.79 Å². The smallest absolute Gasteiger partial charge is 0.228 e. The predicted octanol–water partition coefficient (Wildman–Crippen LogP) is 0.920. The minimum absolute atomic E-state index is 0.0225. The molecule has 0 spiro atoms. The molecule has 1 amide bonds. The molecule has 1 N–H and O–H groups in total. The van der Waals surface area contributed by atoms with E-state index in [1.807, 2.05) is 6.07 Å². The van der Waals surface area contributed by atoms with Crippen LogP contribution in [0.3, 0.4) is 0 Å². The summed E-state index contributed by atoms with van der Waals surface area (Å²) < 4.78 is 24.0. The summed E-state index contributed by atoms with van der Waals surface area (Å²) in [4.78, 5) is 11.6. The van der Waals surface area contributed by atoms with Crippen molar-refractivity contribution in [3.05, 3.63) is 23.8 Å². The molecular weight excluding hydrogens is 240 g/mol. The second-order valence-corrected chi connectivity index (χ2v) is 6.00. The lowest BCUT2D eigenvalue weighted by molar-refractivity contribution is -0.118. The highest BCUT2D eigenvalue weighted by Crippen LogP contribution is 2.28. The monoisotopic (exact) mass is 250 g/mol. The van der Waals surface area contributed by atoms with E-state index < -0.39 is 15.8 Å². The first-order chi connectivity index (χ1) is 7.94. The van der Waals surface area contributed by atoms with Crippen molar-refractivity contribution in [2.24, 2.45) is 5.92 Å². The molecule has 0 bridgehead atoms. The summed E-state index contributed by atoms with van der Waals surface area (Å²) in [6, 6.07) is 6.10. The van der Waals surface area contributed by atoms with E-state index in [0.29, 0.717) is 0 Å². The van der Waals surface area contributed by atoms with Crippen molar-refractivity contribution in [3.8, 4) is 6.07 Å². The van der Waals surface area contributed by atoms with E-state index in [1.165, 1.54) is 18.2 Å². The topological polar surface area (TPSA) is 87.0 Å². The lowest BCUT2D eigenvalue weighted by atomic mass is 10.2. The Morgan fingerprint density at radius 2 is 2.18 bits per heavy atom. The summed E-state index contributed by atoms with van der Waals surface area (Å²) >= 11 is 0. The molecule has 1 aromatic rings. The van der Waals surface area contributed by atoms with Gasteiger partial charge < -0.3 is 5.32 Å². The van der Waals surface area contributed by atoms with Gasteiger partial charge in [0.25, 0.3) is 0 Å². The Balaban J connectivity index is 2.67. The van der Waals surface area contributed by atoms with Crippen molar-refractivity contribution in [2.45, 2.75) is 11.8 Å². The molecule has 1 heterocycles. The summed E-state index contributed by atoms with van der Waals surface area (Å²) in [6.07, 6.45) is 0. The summed E-state index contributed by atoms with van der Waals surface area (Å²) in [5.41, 5.74) is 0.509. The average molecular weight is 250 g/mol. The van der Waals surface area contributed by atoms with Crippen LogP contribution >= 0.6 is 0 Å². The quantitative estimate of drug-likeness (QED) is 0.741. The van der Waals surface area contributed by atoms with Gasteiger partial charge in [-0.25, -0.2) is 8.42 Å². The number of amides is 1. The Labute approximate surface area is 99.0 Å². The van der Waals surface area contributed by atoms with E-state index in [9.17, 15) is 13.2 Å². The third-order valence-corrected chi connectivity index (χ3v) is 4.57. The zero-order chi connectivity index (χ0) is 12.6. The zero-order valence-corrected chi connectivity index (χ0v) is 9.91. The molecule has 5 nitrogen and oxygen atoms in total. The van der Waals surface area contributed by atoms with Gasteiger partial charge in [0.2, 0.25) is 5.91 Å². The lowest BCUT2D eigenvalue weighted by Gasteiger charge is -2.05. The Bertz CT molecular complexity index is 629. The van der Waals surface area contributed by atoms with Crippen LogP contribution in [0.25, 0.3) is 0 Å². The number of hydrogen-bond donors (Lipinski definition) is 1. The minimum atomic E-state index is -3.53. The molecule has 0 saturated heterocycles. The van der Waals surface area contributed by atoms with Gasteiger partial charge in [-0.15, -0.1) is 0 Å². The van der Waals surface area contributed by atoms with Gasteiger partial charge >= 0.3 is 0 Å². The minimum Gasteiger partial charge on any atom is -0.325 e. The van der Waals surface area contributed by atoms with Gasteiger partial charge in [-0.2, -0.15) is 5.26 Å². The van der Waals surface area contributed by atoms with Crippen molar-refractivity contribution in [3.63, 3.8) is 0 Å². The fraction of sp³-hybridized carbons (Fsp3) is 0.273. The molecule has 0 aromatic heterocycles. The number of benzene rings is 1. The first-order valence-corrected chi connectivity index (χ1v) is 6.67. The molecule has 0 fully saturated rings. The van der Waals surface area contributed by atoms with Crippen LogP contribution in [0.4, 0.5) is 5.69 Å². The molecular formula is C11H10N2O3S. The second kappa shape index (κ2) is 3.86. The maximum Gasteiger partial charge on any atom is 0.228 e. The predicted molar refractivity (Wildman–Crippen MR) is 61.0 cm³/mol. The standard InChI is InChI=1S/C11H10N2O3S/c1-7-6-17(15,16)10-4-8(5-12)2-3-9(10)13-11(7)14/h2-4,7H,6H2,1H3,(H,13,14). The number of anilines is 1. The molecule has 17 heavy (non-hydrogen) atoms. The fourth-order valence-electron chi connectivity index (χ4n) is 1.70. The number of carbonyl (C=O) groups is 1. The van der Waals surface area contributed by atoms with Crippen molar-refractivity contribution in [2.75, 3.05) is 11.1 Å². The molecule has 1 aliphatic heterocycles. The Morgan fingerprint density at radius 1 is 1.47 bits per heavy atom. The molecule has 6 heteroatoms. The van der Waals surface area contributed by atoms with Gasteiger partial charge in [-0.05, 0) is 18.2 Å². The number of nitrogens with zero attached hydrogens (tertiary/aromatic N) is 1. The second-order valence-electron chi connectivity index (χ2n) is 3.99. The highest BCUT2D eigenvalue weighted by molar-refractivity contribution is 7.91. The van der Waals surface area contributed by atoms with Crippen molar-refractivity contribution in [1.29, 1.82) is 5.26 Å². The molecule has 2 rings (SSSR count). The van der Waals surface area contributed by atoms with Gasteiger partial charge in [0.15, 0.2) is 9.84 Å². The Morgan fingerprint density at radius 3 is 2.82 bits per heavy atom. The van der Waals surface area contributed by atoms with E-state index in [0.717, 1.165) is 0 Å². The van der Waals surface area contributed by atoms with Crippen LogP contribution in [-0.4, -0.2) is 20.1 Å². The number of rotatable bonds is 0. The van der Waals surface area contributed by atoms with E-state index >= 15 is 0 Å². The van der Waals surface area contributed by atoms with Crippen LogP contribution in [0.2, 0.25) is 0 Å². The van der Waals surface area contributed by atoms with E-state index in [1.54, 1.807) is 6.92 Å². The van der Waals surface area contributed by atoms with Crippen LogP contribution in [0.5, 0.6) is 0 Å². The summed E-state index contributed by atoms with van der Waals surface area (Å²) in [5.74, 6) is -1.16.